The second-order valence-corrected chi connectivity index (χ2v) is 8.59. The minimum absolute atomic E-state index is 0.160. The lowest BCUT2D eigenvalue weighted by Crippen LogP contribution is -2.38. The van der Waals surface area contributed by atoms with Gasteiger partial charge in [-0.15, -0.1) is 11.3 Å². The molecule has 2 saturated heterocycles. The molecule has 152 valence electrons. The van der Waals surface area contributed by atoms with E-state index in [2.05, 4.69) is 43.0 Å². The molecule has 1 N–H and O–H groups in total. The molecule has 1 unspecified atom stereocenters. The maximum absolute atomic E-state index is 10.8. The Bertz CT molecular complexity index is 961. The Morgan fingerprint density at radius 3 is 2.83 bits per heavy atom. The van der Waals surface area contributed by atoms with Gasteiger partial charge in [0.1, 0.15) is 23.3 Å². The molecule has 2 aliphatic rings. The number of aromatic nitrogens is 3. The number of fused-ring (bicyclic) bond motifs is 1. The van der Waals surface area contributed by atoms with Gasteiger partial charge in [-0.05, 0) is 31.0 Å². The third kappa shape index (κ3) is 3.80. The SMILES string of the molecule is OC(c1nccs1)[C@H]1CCCN(c2ncnc3cc(N4CCOCC4)ccc23)C1. The van der Waals surface area contributed by atoms with Crippen molar-refractivity contribution in [3.05, 3.63) is 41.1 Å². The van der Waals surface area contributed by atoms with Crippen LogP contribution in [0.25, 0.3) is 10.9 Å². The van der Waals surface area contributed by atoms with Crippen molar-refractivity contribution < 1.29 is 9.84 Å². The van der Waals surface area contributed by atoms with E-state index in [4.69, 9.17) is 4.74 Å². The highest BCUT2D eigenvalue weighted by molar-refractivity contribution is 7.09. The van der Waals surface area contributed by atoms with Crippen molar-refractivity contribution in [1.29, 1.82) is 0 Å². The van der Waals surface area contributed by atoms with Crippen molar-refractivity contribution in [3.8, 4) is 0 Å². The van der Waals surface area contributed by atoms with Crippen molar-refractivity contribution in [1.82, 2.24) is 15.0 Å². The summed E-state index contributed by atoms with van der Waals surface area (Å²) in [5.74, 6) is 1.12. The number of rotatable bonds is 4. The van der Waals surface area contributed by atoms with Crippen LogP contribution in [-0.4, -0.2) is 59.5 Å². The lowest BCUT2D eigenvalue weighted by molar-refractivity contribution is 0.0977. The van der Waals surface area contributed by atoms with Gasteiger partial charge in [0.05, 0.1) is 18.7 Å². The molecule has 3 aromatic rings. The zero-order valence-electron chi connectivity index (χ0n) is 16.3. The van der Waals surface area contributed by atoms with Gasteiger partial charge in [0.15, 0.2) is 0 Å². The molecule has 2 aliphatic heterocycles. The highest BCUT2D eigenvalue weighted by atomic mass is 32.1. The molecule has 2 atom stereocenters. The molecular weight excluding hydrogens is 386 g/mol. The zero-order chi connectivity index (χ0) is 19.6. The van der Waals surface area contributed by atoms with Crippen molar-refractivity contribution in [2.45, 2.75) is 18.9 Å². The molecular formula is C21H25N5O2S. The molecule has 0 radical (unpaired) electrons. The van der Waals surface area contributed by atoms with Gasteiger partial charge >= 0.3 is 0 Å². The summed E-state index contributed by atoms with van der Waals surface area (Å²) < 4.78 is 5.47. The van der Waals surface area contributed by atoms with E-state index in [-0.39, 0.29) is 5.92 Å². The summed E-state index contributed by atoms with van der Waals surface area (Å²) in [7, 11) is 0. The minimum Gasteiger partial charge on any atom is -0.386 e. The lowest BCUT2D eigenvalue weighted by atomic mass is 9.92. The van der Waals surface area contributed by atoms with Crippen LogP contribution in [0.1, 0.15) is 24.0 Å². The molecule has 0 amide bonds. The summed E-state index contributed by atoms with van der Waals surface area (Å²) in [6, 6.07) is 6.44. The van der Waals surface area contributed by atoms with E-state index >= 15 is 0 Å². The van der Waals surface area contributed by atoms with Crippen LogP contribution in [0, 0.1) is 5.92 Å². The fourth-order valence-corrected chi connectivity index (χ4v) is 5.06. The number of benzene rings is 1. The van der Waals surface area contributed by atoms with Crippen molar-refractivity contribution in [2.24, 2.45) is 5.92 Å². The molecule has 0 spiro atoms. The fraction of sp³-hybridized carbons (Fsp3) is 0.476. The third-order valence-corrected chi connectivity index (χ3v) is 6.73. The van der Waals surface area contributed by atoms with Crippen LogP contribution in [0.5, 0.6) is 0 Å². The van der Waals surface area contributed by atoms with Gasteiger partial charge in [-0.25, -0.2) is 15.0 Å². The fourth-order valence-electron chi connectivity index (χ4n) is 4.34. The number of thiazole rings is 1. The molecule has 1 aromatic carbocycles. The Kier molecular flexibility index (Phi) is 5.30. The van der Waals surface area contributed by atoms with Crippen LogP contribution >= 0.6 is 11.3 Å². The van der Waals surface area contributed by atoms with E-state index < -0.39 is 6.10 Å². The van der Waals surface area contributed by atoms with Gasteiger partial charge in [-0.1, -0.05) is 0 Å². The maximum atomic E-state index is 10.8. The monoisotopic (exact) mass is 411 g/mol. The van der Waals surface area contributed by atoms with E-state index in [0.717, 1.165) is 74.0 Å². The summed E-state index contributed by atoms with van der Waals surface area (Å²) in [5, 5.41) is 14.6. The first-order chi connectivity index (χ1) is 14.3. The van der Waals surface area contributed by atoms with Crippen LogP contribution in [0.2, 0.25) is 0 Å². The van der Waals surface area contributed by atoms with Crippen LogP contribution in [-0.2, 0) is 4.74 Å². The van der Waals surface area contributed by atoms with Gasteiger partial charge in [-0.2, -0.15) is 0 Å². The number of piperidine rings is 1. The maximum Gasteiger partial charge on any atom is 0.139 e. The Hall–Kier alpha value is -2.29. The minimum atomic E-state index is -0.515. The van der Waals surface area contributed by atoms with Crippen LogP contribution < -0.4 is 9.80 Å². The molecule has 0 saturated carbocycles. The van der Waals surface area contributed by atoms with E-state index in [0.29, 0.717) is 0 Å². The predicted octanol–water partition coefficient (Wildman–Crippen LogP) is 2.87. The number of ether oxygens (including phenoxy) is 1. The number of morpholine rings is 1. The lowest BCUT2D eigenvalue weighted by Gasteiger charge is -2.35. The smallest absolute Gasteiger partial charge is 0.139 e. The number of aliphatic hydroxyl groups is 1. The number of nitrogens with zero attached hydrogens (tertiary/aromatic N) is 5. The first kappa shape index (κ1) is 18.7. The standard InChI is InChI=1S/C21H25N5O2S/c27-19(21-22-5-11-29-21)15-2-1-6-26(13-15)20-17-4-3-16(12-18(17)23-14-24-20)25-7-9-28-10-8-25/h3-5,11-12,14-15,19,27H,1-2,6-10,13H2/t15-,19?/m0/s1. The van der Waals surface area contributed by atoms with Crippen LogP contribution in [0.4, 0.5) is 11.5 Å². The van der Waals surface area contributed by atoms with Crippen molar-refractivity contribution in [2.75, 3.05) is 49.2 Å². The van der Waals surface area contributed by atoms with E-state index in [1.807, 2.05) is 5.38 Å². The quantitative estimate of drug-likeness (QED) is 0.707. The van der Waals surface area contributed by atoms with Gasteiger partial charge in [0, 0.05) is 54.7 Å². The Morgan fingerprint density at radius 2 is 2.00 bits per heavy atom. The second kappa shape index (κ2) is 8.22. The number of hydrogen-bond acceptors (Lipinski definition) is 8. The molecule has 4 heterocycles. The van der Waals surface area contributed by atoms with E-state index in [1.165, 1.54) is 17.0 Å². The normalized spacial score (nSPS) is 21.5. The Morgan fingerprint density at radius 1 is 1.10 bits per heavy atom. The number of hydrogen-bond donors (Lipinski definition) is 1. The Balaban J connectivity index is 1.40. The Labute approximate surface area is 174 Å². The zero-order valence-corrected chi connectivity index (χ0v) is 17.1. The highest BCUT2D eigenvalue weighted by Crippen LogP contribution is 2.34. The van der Waals surface area contributed by atoms with Crippen molar-refractivity contribution in [3.63, 3.8) is 0 Å². The average Bonchev–Trinajstić information content (AvgIpc) is 3.33. The van der Waals surface area contributed by atoms with Gasteiger partial charge in [0.2, 0.25) is 0 Å². The number of anilines is 2. The molecule has 5 rings (SSSR count). The van der Waals surface area contributed by atoms with E-state index in [1.54, 1.807) is 12.5 Å². The van der Waals surface area contributed by atoms with Gasteiger partial charge < -0.3 is 19.6 Å². The number of aliphatic hydroxyl groups excluding tert-OH is 1. The molecule has 2 fully saturated rings. The molecule has 7 nitrogen and oxygen atoms in total. The highest BCUT2D eigenvalue weighted by Gasteiger charge is 2.29. The topological polar surface area (TPSA) is 74.6 Å². The first-order valence-corrected chi connectivity index (χ1v) is 11.1. The first-order valence-electron chi connectivity index (χ1n) is 10.2. The van der Waals surface area contributed by atoms with Gasteiger partial charge in [-0.3, -0.25) is 0 Å². The molecule has 0 aliphatic carbocycles. The summed E-state index contributed by atoms with van der Waals surface area (Å²) in [6.07, 6.45) is 4.93. The van der Waals surface area contributed by atoms with Crippen LogP contribution in [0.3, 0.4) is 0 Å². The average molecular weight is 412 g/mol. The van der Waals surface area contributed by atoms with Crippen LogP contribution in [0.15, 0.2) is 36.1 Å². The van der Waals surface area contributed by atoms with Crippen molar-refractivity contribution >= 4 is 33.7 Å². The van der Waals surface area contributed by atoms with E-state index in [9.17, 15) is 5.11 Å². The summed E-state index contributed by atoms with van der Waals surface area (Å²) >= 11 is 1.52. The summed E-state index contributed by atoms with van der Waals surface area (Å²) in [5.41, 5.74) is 2.14. The predicted molar refractivity (Wildman–Crippen MR) is 115 cm³/mol. The molecule has 8 heteroatoms. The largest absolute Gasteiger partial charge is 0.386 e. The summed E-state index contributed by atoms with van der Waals surface area (Å²) in [4.78, 5) is 18.1. The second-order valence-electron chi connectivity index (χ2n) is 7.66. The molecule has 29 heavy (non-hydrogen) atoms. The molecule has 2 aromatic heterocycles. The summed E-state index contributed by atoms with van der Waals surface area (Å²) in [6.45, 7) is 5.07. The van der Waals surface area contributed by atoms with Gasteiger partial charge in [0.25, 0.3) is 0 Å². The third-order valence-electron chi connectivity index (χ3n) is 5.88. The molecule has 0 bridgehead atoms.